The van der Waals surface area contributed by atoms with Gasteiger partial charge >= 0.3 is 0 Å². The van der Waals surface area contributed by atoms with Gasteiger partial charge in [0.1, 0.15) is 5.82 Å². The van der Waals surface area contributed by atoms with E-state index in [0.717, 1.165) is 21.4 Å². The van der Waals surface area contributed by atoms with Crippen LogP contribution in [0.2, 0.25) is 0 Å². The SMILES string of the molecule is CC(Sc1nnc(CSc2nc3ccccc3s2)n1-c1ccccc1)C(=O)N(C)C. The van der Waals surface area contributed by atoms with Gasteiger partial charge in [-0.15, -0.1) is 21.5 Å². The topological polar surface area (TPSA) is 63.9 Å². The van der Waals surface area contributed by atoms with E-state index in [1.807, 2.05) is 60.0 Å². The lowest BCUT2D eigenvalue weighted by Crippen LogP contribution is -2.29. The highest BCUT2D eigenvalue weighted by atomic mass is 32.2. The summed E-state index contributed by atoms with van der Waals surface area (Å²) < 4.78 is 4.21. The molecule has 1 amide bonds. The first-order valence-electron chi connectivity index (χ1n) is 9.39. The Kier molecular flexibility index (Phi) is 6.40. The summed E-state index contributed by atoms with van der Waals surface area (Å²) in [6.07, 6.45) is 0. The zero-order chi connectivity index (χ0) is 21.1. The maximum absolute atomic E-state index is 12.3. The number of rotatable bonds is 7. The third-order valence-electron chi connectivity index (χ3n) is 4.38. The smallest absolute Gasteiger partial charge is 0.235 e. The van der Waals surface area contributed by atoms with E-state index in [4.69, 9.17) is 4.98 Å². The van der Waals surface area contributed by atoms with Crippen molar-refractivity contribution in [1.29, 1.82) is 0 Å². The minimum Gasteiger partial charge on any atom is -0.348 e. The Morgan fingerprint density at radius 3 is 2.57 bits per heavy atom. The number of thioether (sulfide) groups is 2. The van der Waals surface area contributed by atoms with Crippen LogP contribution in [0.1, 0.15) is 12.7 Å². The quantitative estimate of drug-likeness (QED) is 0.375. The minimum atomic E-state index is -0.253. The number of fused-ring (bicyclic) bond motifs is 1. The fourth-order valence-corrected chi connectivity index (χ4v) is 5.93. The largest absolute Gasteiger partial charge is 0.348 e. The molecule has 0 spiro atoms. The number of amides is 1. The van der Waals surface area contributed by atoms with Crippen molar-refractivity contribution in [1.82, 2.24) is 24.6 Å². The zero-order valence-corrected chi connectivity index (χ0v) is 19.3. The van der Waals surface area contributed by atoms with Gasteiger partial charge < -0.3 is 4.90 Å². The molecular formula is C21H21N5OS3. The highest BCUT2D eigenvalue weighted by Crippen LogP contribution is 2.33. The summed E-state index contributed by atoms with van der Waals surface area (Å²) in [5.41, 5.74) is 2.00. The van der Waals surface area contributed by atoms with Gasteiger partial charge in [0.05, 0.1) is 21.2 Å². The van der Waals surface area contributed by atoms with Crippen LogP contribution in [0, 0.1) is 0 Å². The summed E-state index contributed by atoms with van der Waals surface area (Å²) >= 11 is 4.76. The summed E-state index contributed by atoms with van der Waals surface area (Å²) in [4.78, 5) is 18.6. The number of hydrogen-bond donors (Lipinski definition) is 0. The zero-order valence-electron chi connectivity index (χ0n) is 16.8. The van der Waals surface area contributed by atoms with Gasteiger partial charge in [-0.3, -0.25) is 9.36 Å². The molecule has 0 N–H and O–H groups in total. The van der Waals surface area contributed by atoms with E-state index < -0.39 is 0 Å². The molecule has 4 rings (SSSR count). The summed E-state index contributed by atoms with van der Waals surface area (Å²) in [6, 6.07) is 18.2. The van der Waals surface area contributed by atoms with E-state index in [2.05, 4.69) is 16.3 Å². The summed E-state index contributed by atoms with van der Waals surface area (Å²) in [7, 11) is 3.53. The molecule has 6 nitrogen and oxygen atoms in total. The Labute approximate surface area is 187 Å². The van der Waals surface area contributed by atoms with Crippen LogP contribution >= 0.6 is 34.9 Å². The van der Waals surface area contributed by atoms with Gasteiger partial charge in [0.25, 0.3) is 0 Å². The number of nitrogens with zero attached hydrogens (tertiary/aromatic N) is 5. The molecule has 0 saturated carbocycles. The fourth-order valence-electron chi connectivity index (χ4n) is 2.92. The van der Waals surface area contributed by atoms with Crippen molar-refractivity contribution in [3.63, 3.8) is 0 Å². The molecule has 0 saturated heterocycles. The lowest BCUT2D eigenvalue weighted by molar-refractivity contribution is -0.127. The first kappa shape index (κ1) is 20.9. The van der Waals surface area contributed by atoms with Crippen LogP contribution in [0.3, 0.4) is 0 Å². The number of benzene rings is 2. The molecule has 4 aromatic rings. The number of aromatic nitrogens is 4. The molecule has 0 fully saturated rings. The van der Waals surface area contributed by atoms with Crippen molar-refractivity contribution >= 4 is 51.0 Å². The average Bonchev–Trinajstić information content (AvgIpc) is 3.35. The van der Waals surface area contributed by atoms with Gasteiger partial charge in [-0.05, 0) is 31.2 Å². The summed E-state index contributed by atoms with van der Waals surface area (Å²) in [6.45, 7) is 1.90. The molecule has 0 radical (unpaired) electrons. The standard InChI is InChI=1S/C21H21N5OS3/c1-14(19(27)25(2)3)29-20-24-23-18(26(20)15-9-5-4-6-10-15)13-28-21-22-16-11-7-8-12-17(16)30-21/h4-12,14H,13H2,1-3H3. The Balaban J connectivity index is 1.60. The van der Waals surface area contributed by atoms with Gasteiger partial charge in [-0.25, -0.2) is 4.98 Å². The third-order valence-corrected chi connectivity index (χ3v) is 7.59. The highest BCUT2D eigenvalue weighted by Gasteiger charge is 2.22. The van der Waals surface area contributed by atoms with Crippen LogP contribution in [-0.4, -0.2) is 49.9 Å². The molecule has 2 heterocycles. The average molecular weight is 456 g/mol. The molecule has 9 heteroatoms. The van der Waals surface area contributed by atoms with E-state index in [1.165, 1.54) is 16.5 Å². The number of para-hydroxylation sites is 2. The van der Waals surface area contributed by atoms with E-state index in [9.17, 15) is 4.79 Å². The predicted octanol–water partition coefficient (Wildman–Crippen LogP) is 4.74. The molecule has 0 bridgehead atoms. The van der Waals surface area contributed by atoms with Crippen molar-refractivity contribution in [2.24, 2.45) is 0 Å². The van der Waals surface area contributed by atoms with Crippen LogP contribution in [0.5, 0.6) is 0 Å². The molecule has 154 valence electrons. The number of carbonyl (C=O) groups is 1. The van der Waals surface area contributed by atoms with Crippen LogP contribution in [0.4, 0.5) is 0 Å². The van der Waals surface area contributed by atoms with Crippen molar-refractivity contribution in [2.75, 3.05) is 14.1 Å². The molecule has 0 aliphatic rings. The number of carbonyl (C=O) groups excluding carboxylic acids is 1. The van der Waals surface area contributed by atoms with Gasteiger partial charge in [0.2, 0.25) is 5.91 Å². The second-order valence-corrected chi connectivity index (χ2v) is 10.4. The van der Waals surface area contributed by atoms with Crippen molar-refractivity contribution in [2.45, 2.75) is 27.4 Å². The first-order valence-corrected chi connectivity index (χ1v) is 12.1. The molecule has 2 aromatic carbocycles. The molecular weight excluding hydrogens is 434 g/mol. The number of thiazole rings is 1. The lowest BCUT2D eigenvalue weighted by Gasteiger charge is -2.16. The number of hydrogen-bond acceptors (Lipinski definition) is 7. The lowest BCUT2D eigenvalue weighted by atomic mass is 10.3. The van der Waals surface area contributed by atoms with E-state index >= 15 is 0 Å². The minimum absolute atomic E-state index is 0.0491. The van der Waals surface area contributed by atoms with E-state index in [0.29, 0.717) is 10.9 Å². The normalized spacial score (nSPS) is 12.2. The van der Waals surface area contributed by atoms with Gasteiger partial charge in [-0.2, -0.15) is 0 Å². The summed E-state index contributed by atoms with van der Waals surface area (Å²) in [5, 5.41) is 9.30. The molecule has 1 atom stereocenters. The van der Waals surface area contributed by atoms with Gasteiger partial charge in [0, 0.05) is 19.8 Å². The maximum Gasteiger partial charge on any atom is 0.235 e. The van der Waals surface area contributed by atoms with Gasteiger partial charge in [0.15, 0.2) is 9.50 Å². The van der Waals surface area contributed by atoms with Crippen molar-refractivity contribution in [3.8, 4) is 5.69 Å². The van der Waals surface area contributed by atoms with Crippen LogP contribution < -0.4 is 0 Å². The Morgan fingerprint density at radius 2 is 1.83 bits per heavy atom. The van der Waals surface area contributed by atoms with Crippen molar-refractivity contribution in [3.05, 3.63) is 60.4 Å². The second-order valence-electron chi connectivity index (χ2n) is 6.80. The molecule has 0 aliphatic heterocycles. The van der Waals surface area contributed by atoms with Crippen LogP contribution in [0.15, 0.2) is 64.1 Å². The second kappa shape index (κ2) is 9.20. The van der Waals surface area contributed by atoms with Crippen molar-refractivity contribution < 1.29 is 4.79 Å². The predicted molar refractivity (Wildman–Crippen MR) is 125 cm³/mol. The molecule has 0 aliphatic carbocycles. The molecule has 30 heavy (non-hydrogen) atoms. The van der Waals surface area contributed by atoms with Crippen LogP contribution in [0.25, 0.3) is 15.9 Å². The highest BCUT2D eigenvalue weighted by molar-refractivity contribution is 8.00. The fraction of sp³-hybridized carbons (Fsp3) is 0.238. The Bertz CT molecular complexity index is 1120. The Hall–Kier alpha value is -2.36. The summed E-state index contributed by atoms with van der Waals surface area (Å²) in [5.74, 6) is 1.52. The van der Waals surface area contributed by atoms with Gasteiger partial charge in [-0.1, -0.05) is 53.9 Å². The maximum atomic E-state index is 12.3. The Morgan fingerprint density at radius 1 is 1.10 bits per heavy atom. The third kappa shape index (κ3) is 4.53. The van der Waals surface area contributed by atoms with E-state index in [1.54, 1.807) is 42.1 Å². The van der Waals surface area contributed by atoms with Crippen LogP contribution in [-0.2, 0) is 10.5 Å². The van der Waals surface area contributed by atoms with E-state index in [-0.39, 0.29) is 11.2 Å². The monoisotopic (exact) mass is 455 g/mol. The molecule has 1 unspecified atom stereocenters. The first-order chi connectivity index (χ1) is 14.5. The molecule has 2 aromatic heterocycles.